The van der Waals surface area contributed by atoms with Crippen LogP contribution in [-0.4, -0.2) is 11.7 Å². The molecule has 1 aliphatic heterocycles. The highest BCUT2D eigenvalue weighted by atomic mass is 16.5. The van der Waals surface area contributed by atoms with Gasteiger partial charge in [0, 0.05) is 6.42 Å². The number of ether oxygens (including phenoxy) is 1. The lowest BCUT2D eigenvalue weighted by Gasteiger charge is -2.24. The molecule has 1 aliphatic rings. The average molecular weight is 204 g/mol. The highest BCUT2D eigenvalue weighted by Crippen LogP contribution is 2.32. The van der Waals surface area contributed by atoms with Gasteiger partial charge in [-0.2, -0.15) is 0 Å². The molecule has 0 amide bonds. The van der Waals surface area contributed by atoms with Crippen molar-refractivity contribution in [1.82, 2.24) is 0 Å². The van der Waals surface area contributed by atoms with Gasteiger partial charge in [-0.25, -0.2) is 0 Å². The summed E-state index contributed by atoms with van der Waals surface area (Å²) in [5.74, 6) is 0.673. The third kappa shape index (κ3) is 1.90. The lowest BCUT2D eigenvalue weighted by Crippen LogP contribution is -2.24. The van der Waals surface area contributed by atoms with Gasteiger partial charge in [-0.05, 0) is 25.5 Å². The summed E-state index contributed by atoms with van der Waals surface area (Å²) in [6.07, 6.45) is 2.84. The van der Waals surface area contributed by atoms with Gasteiger partial charge in [0.25, 0.3) is 0 Å². The van der Waals surface area contributed by atoms with Gasteiger partial charge in [0.2, 0.25) is 0 Å². The van der Waals surface area contributed by atoms with Crippen LogP contribution in [0.25, 0.3) is 0 Å². The van der Waals surface area contributed by atoms with Crippen LogP contribution in [-0.2, 0) is 10.3 Å². The summed E-state index contributed by atoms with van der Waals surface area (Å²) >= 11 is 0. The standard InChI is InChI=1S/C13H16O2/c1-10-5-7-11(8-6-10)13(2,14)12-4-3-9-15-12/h4-8,14H,3,9H2,1-2H3. The van der Waals surface area contributed by atoms with Crippen LogP contribution in [0.2, 0.25) is 0 Å². The Balaban J connectivity index is 2.32. The molecular weight excluding hydrogens is 188 g/mol. The third-order valence-corrected chi connectivity index (χ3v) is 2.80. The maximum Gasteiger partial charge on any atom is 0.143 e. The predicted octanol–water partition coefficient (Wildman–Crippen LogP) is 2.51. The van der Waals surface area contributed by atoms with E-state index in [4.69, 9.17) is 4.74 Å². The average Bonchev–Trinajstić information content (AvgIpc) is 2.71. The van der Waals surface area contributed by atoms with E-state index in [0.29, 0.717) is 12.4 Å². The molecule has 1 atom stereocenters. The zero-order valence-corrected chi connectivity index (χ0v) is 9.16. The molecule has 1 heterocycles. The predicted molar refractivity (Wildman–Crippen MR) is 59.4 cm³/mol. The minimum absolute atomic E-state index is 0.673. The first kappa shape index (κ1) is 10.2. The first-order valence-corrected chi connectivity index (χ1v) is 5.23. The van der Waals surface area contributed by atoms with Crippen molar-refractivity contribution in [2.45, 2.75) is 25.9 Å². The van der Waals surface area contributed by atoms with Gasteiger partial charge < -0.3 is 9.84 Å². The Morgan fingerprint density at radius 2 is 1.93 bits per heavy atom. The fourth-order valence-corrected chi connectivity index (χ4v) is 1.78. The van der Waals surface area contributed by atoms with Crippen molar-refractivity contribution in [3.8, 4) is 0 Å². The first-order chi connectivity index (χ1) is 7.10. The van der Waals surface area contributed by atoms with Crippen molar-refractivity contribution in [3.63, 3.8) is 0 Å². The monoisotopic (exact) mass is 204 g/mol. The Hall–Kier alpha value is -1.28. The molecule has 0 aliphatic carbocycles. The second kappa shape index (κ2) is 3.70. The number of rotatable bonds is 2. The molecule has 1 aromatic rings. The van der Waals surface area contributed by atoms with Crippen molar-refractivity contribution >= 4 is 0 Å². The van der Waals surface area contributed by atoms with E-state index in [-0.39, 0.29) is 0 Å². The van der Waals surface area contributed by atoms with Crippen molar-refractivity contribution in [1.29, 1.82) is 0 Å². The molecule has 0 aromatic heterocycles. The minimum atomic E-state index is -0.996. The zero-order chi connectivity index (χ0) is 10.9. The molecule has 0 spiro atoms. The van der Waals surface area contributed by atoms with Gasteiger partial charge in [0.1, 0.15) is 11.4 Å². The van der Waals surface area contributed by atoms with E-state index in [0.717, 1.165) is 12.0 Å². The van der Waals surface area contributed by atoms with Crippen LogP contribution in [0.5, 0.6) is 0 Å². The number of aliphatic hydroxyl groups is 1. The lowest BCUT2D eigenvalue weighted by atomic mass is 9.93. The SMILES string of the molecule is Cc1ccc(C(C)(O)C2=CCCO2)cc1. The molecule has 15 heavy (non-hydrogen) atoms. The number of aryl methyl sites for hydroxylation is 1. The fraction of sp³-hybridized carbons (Fsp3) is 0.385. The zero-order valence-electron chi connectivity index (χ0n) is 9.16. The molecule has 0 radical (unpaired) electrons. The van der Waals surface area contributed by atoms with Gasteiger partial charge in [0.15, 0.2) is 0 Å². The van der Waals surface area contributed by atoms with Crippen LogP contribution in [0.1, 0.15) is 24.5 Å². The summed E-state index contributed by atoms with van der Waals surface area (Å²) in [7, 11) is 0. The highest BCUT2D eigenvalue weighted by Gasteiger charge is 2.31. The molecule has 0 fully saturated rings. The molecule has 1 N–H and O–H groups in total. The quantitative estimate of drug-likeness (QED) is 0.802. The van der Waals surface area contributed by atoms with E-state index in [1.165, 1.54) is 5.56 Å². The summed E-state index contributed by atoms with van der Waals surface area (Å²) in [6.45, 7) is 4.48. The highest BCUT2D eigenvalue weighted by molar-refractivity contribution is 5.32. The summed E-state index contributed by atoms with van der Waals surface area (Å²) in [5.41, 5.74) is 1.07. The maximum atomic E-state index is 10.4. The Bertz CT molecular complexity index is 374. The van der Waals surface area contributed by atoms with Crippen LogP contribution >= 0.6 is 0 Å². The van der Waals surface area contributed by atoms with E-state index in [1.807, 2.05) is 37.3 Å². The fourth-order valence-electron chi connectivity index (χ4n) is 1.78. The van der Waals surface area contributed by atoms with E-state index in [9.17, 15) is 5.11 Å². The Kier molecular flexibility index (Phi) is 2.53. The van der Waals surface area contributed by atoms with Gasteiger partial charge in [-0.3, -0.25) is 0 Å². The Morgan fingerprint density at radius 3 is 2.47 bits per heavy atom. The van der Waals surface area contributed by atoms with Crippen LogP contribution in [0.3, 0.4) is 0 Å². The van der Waals surface area contributed by atoms with Crippen molar-refractivity contribution in [2.24, 2.45) is 0 Å². The smallest absolute Gasteiger partial charge is 0.143 e. The van der Waals surface area contributed by atoms with E-state index < -0.39 is 5.60 Å². The van der Waals surface area contributed by atoms with Crippen LogP contribution in [0.4, 0.5) is 0 Å². The van der Waals surface area contributed by atoms with Crippen LogP contribution in [0, 0.1) is 6.92 Å². The van der Waals surface area contributed by atoms with E-state index >= 15 is 0 Å². The molecule has 1 aromatic carbocycles. The van der Waals surface area contributed by atoms with Crippen LogP contribution in [0.15, 0.2) is 36.1 Å². The molecule has 2 heteroatoms. The maximum absolute atomic E-state index is 10.4. The van der Waals surface area contributed by atoms with Gasteiger partial charge >= 0.3 is 0 Å². The summed E-state index contributed by atoms with van der Waals surface area (Å²) in [5, 5.41) is 10.4. The van der Waals surface area contributed by atoms with E-state index in [1.54, 1.807) is 6.92 Å². The first-order valence-electron chi connectivity index (χ1n) is 5.23. The Morgan fingerprint density at radius 1 is 1.27 bits per heavy atom. The second-order valence-electron chi connectivity index (χ2n) is 4.14. The second-order valence-corrected chi connectivity index (χ2v) is 4.14. The van der Waals surface area contributed by atoms with Gasteiger partial charge in [-0.15, -0.1) is 0 Å². The molecule has 0 bridgehead atoms. The molecule has 0 saturated heterocycles. The van der Waals surface area contributed by atoms with Crippen LogP contribution < -0.4 is 0 Å². The molecule has 2 rings (SSSR count). The molecular formula is C13H16O2. The summed E-state index contributed by atoms with van der Waals surface area (Å²) < 4.78 is 5.41. The molecule has 2 nitrogen and oxygen atoms in total. The van der Waals surface area contributed by atoms with Crippen molar-refractivity contribution in [3.05, 3.63) is 47.2 Å². The van der Waals surface area contributed by atoms with E-state index in [2.05, 4.69) is 0 Å². The number of benzene rings is 1. The summed E-state index contributed by atoms with van der Waals surface area (Å²) in [6, 6.07) is 7.88. The molecule has 80 valence electrons. The minimum Gasteiger partial charge on any atom is -0.495 e. The van der Waals surface area contributed by atoms with Crippen molar-refractivity contribution in [2.75, 3.05) is 6.61 Å². The largest absolute Gasteiger partial charge is 0.495 e. The number of hydrogen-bond acceptors (Lipinski definition) is 2. The lowest BCUT2D eigenvalue weighted by molar-refractivity contribution is 0.0317. The molecule has 0 saturated carbocycles. The van der Waals surface area contributed by atoms with Crippen molar-refractivity contribution < 1.29 is 9.84 Å². The topological polar surface area (TPSA) is 29.5 Å². The summed E-state index contributed by atoms with van der Waals surface area (Å²) in [4.78, 5) is 0. The molecule has 1 unspecified atom stereocenters. The van der Waals surface area contributed by atoms with Gasteiger partial charge in [0.05, 0.1) is 6.61 Å². The third-order valence-electron chi connectivity index (χ3n) is 2.80. The normalized spacial score (nSPS) is 19.3. The Labute approximate surface area is 90.2 Å². The number of hydrogen-bond donors (Lipinski definition) is 1. The van der Waals surface area contributed by atoms with Gasteiger partial charge in [-0.1, -0.05) is 29.8 Å².